The third-order valence-corrected chi connectivity index (χ3v) is 3.79. The van der Waals surface area contributed by atoms with Crippen molar-refractivity contribution < 1.29 is 0 Å². The third-order valence-electron chi connectivity index (χ3n) is 3.79. The maximum atomic E-state index is 4.67. The van der Waals surface area contributed by atoms with Crippen LogP contribution in [0.2, 0.25) is 0 Å². The first-order valence-electron chi connectivity index (χ1n) is 7.56. The predicted molar refractivity (Wildman–Crippen MR) is 91.1 cm³/mol. The van der Waals surface area contributed by atoms with Crippen LogP contribution in [-0.2, 0) is 0 Å². The Hall–Kier alpha value is -2.82. The van der Waals surface area contributed by atoms with Crippen molar-refractivity contribution in [2.75, 3.05) is 11.9 Å². The summed E-state index contributed by atoms with van der Waals surface area (Å²) in [6, 6.07) is 13.8. The van der Waals surface area contributed by atoms with Crippen LogP contribution in [0.5, 0.6) is 0 Å². The zero-order chi connectivity index (χ0) is 16.2. The molecule has 0 spiro atoms. The lowest BCUT2D eigenvalue weighted by atomic mass is 10.2. The summed E-state index contributed by atoms with van der Waals surface area (Å²) < 4.78 is 0. The molecular weight excluding hydrogens is 286 g/mol. The van der Waals surface area contributed by atoms with Crippen molar-refractivity contribution in [1.82, 2.24) is 19.9 Å². The summed E-state index contributed by atoms with van der Waals surface area (Å²) in [4.78, 5) is 20.0. The topological polar surface area (TPSA) is 54.8 Å². The first-order chi connectivity index (χ1) is 11.1. The second kappa shape index (κ2) is 6.52. The number of aryl methyl sites for hydroxylation is 1. The van der Waals surface area contributed by atoms with Gasteiger partial charge in [0.1, 0.15) is 11.5 Å². The van der Waals surface area contributed by atoms with E-state index in [1.54, 1.807) is 6.20 Å². The normalized spacial score (nSPS) is 12.0. The number of aromatic nitrogens is 4. The molecular formula is C18H19N5. The van der Waals surface area contributed by atoms with E-state index in [9.17, 15) is 0 Å². The second-order valence-electron chi connectivity index (χ2n) is 5.45. The molecule has 5 heteroatoms. The maximum Gasteiger partial charge on any atom is 0.180 e. The highest BCUT2D eigenvalue weighted by atomic mass is 15.2. The van der Waals surface area contributed by atoms with E-state index in [4.69, 9.17) is 0 Å². The zero-order valence-corrected chi connectivity index (χ0v) is 13.5. The molecule has 0 aromatic carbocycles. The Morgan fingerprint density at radius 1 is 0.957 bits per heavy atom. The minimum absolute atomic E-state index is 0.113. The fraction of sp³-hybridized carbons (Fsp3) is 0.222. The summed E-state index contributed by atoms with van der Waals surface area (Å²) in [7, 11) is 2.02. The highest BCUT2D eigenvalue weighted by Gasteiger charge is 2.16. The molecule has 23 heavy (non-hydrogen) atoms. The summed E-state index contributed by atoms with van der Waals surface area (Å²) in [5.74, 6) is 1.50. The van der Waals surface area contributed by atoms with Crippen LogP contribution in [0.4, 0.5) is 5.82 Å². The largest absolute Gasteiger partial charge is 0.351 e. The number of hydrogen-bond donors (Lipinski definition) is 0. The van der Waals surface area contributed by atoms with Gasteiger partial charge in [-0.2, -0.15) is 0 Å². The fourth-order valence-electron chi connectivity index (χ4n) is 2.36. The van der Waals surface area contributed by atoms with Crippen LogP contribution >= 0.6 is 0 Å². The van der Waals surface area contributed by atoms with Crippen molar-refractivity contribution in [1.29, 1.82) is 0 Å². The first-order valence-corrected chi connectivity index (χ1v) is 7.56. The van der Waals surface area contributed by atoms with Crippen LogP contribution in [0.1, 0.15) is 24.4 Å². The summed E-state index contributed by atoms with van der Waals surface area (Å²) in [5.41, 5.74) is 2.69. The predicted octanol–water partition coefficient (Wildman–Crippen LogP) is 3.44. The van der Waals surface area contributed by atoms with Gasteiger partial charge in [0.25, 0.3) is 0 Å². The van der Waals surface area contributed by atoms with Gasteiger partial charge in [0, 0.05) is 31.2 Å². The van der Waals surface area contributed by atoms with E-state index in [1.165, 1.54) is 0 Å². The fourth-order valence-corrected chi connectivity index (χ4v) is 2.36. The molecule has 116 valence electrons. The monoisotopic (exact) mass is 305 g/mol. The smallest absolute Gasteiger partial charge is 0.180 e. The molecule has 5 nitrogen and oxygen atoms in total. The minimum Gasteiger partial charge on any atom is -0.351 e. The van der Waals surface area contributed by atoms with Crippen LogP contribution < -0.4 is 4.90 Å². The van der Waals surface area contributed by atoms with E-state index in [0.29, 0.717) is 5.82 Å². The molecule has 1 atom stereocenters. The molecule has 0 bridgehead atoms. The van der Waals surface area contributed by atoms with Gasteiger partial charge in [0.15, 0.2) is 5.82 Å². The average molecular weight is 305 g/mol. The van der Waals surface area contributed by atoms with Crippen LogP contribution in [0.25, 0.3) is 11.5 Å². The molecule has 3 heterocycles. The lowest BCUT2D eigenvalue weighted by Gasteiger charge is -2.26. The van der Waals surface area contributed by atoms with E-state index in [-0.39, 0.29) is 6.04 Å². The summed E-state index contributed by atoms with van der Waals surface area (Å²) in [6.45, 7) is 4.08. The standard InChI is InChI=1S/C18H19N5/c1-13-12-17(22-18(21-13)16-9-5-7-11-20-16)23(3)14(2)15-8-4-6-10-19-15/h4-12,14H,1-3H3/t14-/m1/s1. The van der Waals surface area contributed by atoms with Gasteiger partial charge in [-0.3, -0.25) is 9.97 Å². The molecule has 3 rings (SSSR count). The van der Waals surface area contributed by atoms with Gasteiger partial charge in [-0.05, 0) is 38.1 Å². The Morgan fingerprint density at radius 2 is 1.70 bits per heavy atom. The van der Waals surface area contributed by atoms with Gasteiger partial charge >= 0.3 is 0 Å². The number of pyridine rings is 2. The van der Waals surface area contributed by atoms with Crippen LogP contribution in [0, 0.1) is 6.92 Å². The number of nitrogens with zero attached hydrogens (tertiary/aromatic N) is 5. The van der Waals surface area contributed by atoms with Gasteiger partial charge in [-0.1, -0.05) is 12.1 Å². The number of rotatable bonds is 4. The molecule has 0 aliphatic rings. The molecule has 3 aromatic rings. The minimum atomic E-state index is 0.113. The maximum absolute atomic E-state index is 4.67. The van der Waals surface area contributed by atoms with E-state index in [1.807, 2.05) is 62.6 Å². The highest BCUT2D eigenvalue weighted by molar-refractivity contribution is 5.53. The summed E-state index contributed by atoms with van der Waals surface area (Å²) in [6.07, 6.45) is 3.56. The van der Waals surface area contributed by atoms with Crippen molar-refractivity contribution >= 4 is 5.82 Å². The van der Waals surface area contributed by atoms with E-state index < -0.39 is 0 Å². The van der Waals surface area contributed by atoms with Gasteiger partial charge < -0.3 is 4.90 Å². The van der Waals surface area contributed by atoms with Crippen molar-refractivity contribution in [3.05, 3.63) is 66.2 Å². The molecule has 0 aliphatic heterocycles. The Kier molecular flexibility index (Phi) is 4.28. The van der Waals surface area contributed by atoms with Crippen molar-refractivity contribution in [2.24, 2.45) is 0 Å². The van der Waals surface area contributed by atoms with Crippen LogP contribution in [0.15, 0.2) is 54.9 Å². The van der Waals surface area contributed by atoms with Crippen molar-refractivity contribution in [3.8, 4) is 11.5 Å². The van der Waals surface area contributed by atoms with Gasteiger partial charge in [-0.25, -0.2) is 9.97 Å². The van der Waals surface area contributed by atoms with E-state index in [2.05, 4.69) is 31.8 Å². The lowest BCUT2D eigenvalue weighted by Crippen LogP contribution is -2.24. The highest BCUT2D eigenvalue weighted by Crippen LogP contribution is 2.24. The lowest BCUT2D eigenvalue weighted by molar-refractivity contribution is 0.703. The van der Waals surface area contributed by atoms with E-state index >= 15 is 0 Å². The molecule has 3 aromatic heterocycles. The molecule has 0 N–H and O–H groups in total. The Labute approximate surface area is 136 Å². The molecule has 0 unspecified atom stereocenters. The molecule has 0 aliphatic carbocycles. The van der Waals surface area contributed by atoms with Crippen molar-refractivity contribution in [3.63, 3.8) is 0 Å². The SMILES string of the molecule is Cc1cc(N(C)[C@H](C)c2ccccn2)nc(-c2ccccn2)n1. The van der Waals surface area contributed by atoms with Crippen molar-refractivity contribution in [2.45, 2.75) is 19.9 Å². The van der Waals surface area contributed by atoms with Gasteiger partial charge in [-0.15, -0.1) is 0 Å². The summed E-state index contributed by atoms with van der Waals surface area (Å²) >= 11 is 0. The van der Waals surface area contributed by atoms with Gasteiger partial charge in [0.05, 0.1) is 11.7 Å². The van der Waals surface area contributed by atoms with Crippen LogP contribution in [0.3, 0.4) is 0 Å². The zero-order valence-electron chi connectivity index (χ0n) is 13.5. The second-order valence-corrected chi connectivity index (χ2v) is 5.45. The Morgan fingerprint density at radius 3 is 2.35 bits per heavy atom. The third kappa shape index (κ3) is 3.34. The van der Waals surface area contributed by atoms with Gasteiger partial charge in [0.2, 0.25) is 0 Å². The van der Waals surface area contributed by atoms with Crippen LogP contribution in [-0.4, -0.2) is 27.0 Å². The molecule has 0 saturated carbocycles. The molecule has 0 fully saturated rings. The Bertz CT molecular complexity index is 774. The quantitative estimate of drug-likeness (QED) is 0.739. The Balaban J connectivity index is 1.95. The van der Waals surface area contributed by atoms with E-state index in [0.717, 1.165) is 22.9 Å². The first kappa shape index (κ1) is 15.1. The number of anilines is 1. The molecule has 0 radical (unpaired) electrons. The average Bonchev–Trinajstić information content (AvgIpc) is 2.61. The summed E-state index contributed by atoms with van der Waals surface area (Å²) in [5, 5.41) is 0. The molecule has 0 amide bonds. The molecule has 0 saturated heterocycles. The number of hydrogen-bond acceptors (Lipinski definition) is 5.